The number of aromatic nitrogens is 1. The first-order chi connectivity index (χ1) is 7.18. The Morgan fingerprint density at radius 3 is 2.93 bits per heavy atom. The van der Waals surface area contributed by atoms with Gasteiger partial charge in [-0.25, -0.2) is 0 Å². The quantitative estimate of drug-likeness (QED) is 0.588. The molecule has 1 amide bonds. The second-order valence-corrected chi connectivity index (χ2v) is 4.01. The van der Waals surface area contributed by atoms with Crippen LogP contribution in [0.15, 0.2) is 24.4 Å². The topological polar surface area (TPSA) is 56.0 Å². The predicted molar refractivity (Wildman–Crippen MR) is 55.1 cm³/mol. The van der Waals surface area contributed by atoms with Gasteiger partial charge in [-0.05, 0) is 31.7 Å². The van der Waals surface area contributed by atoms with Crippen LogP contribution in [0.3, 0.4) is 0 Å². The predicted octanol–water partition coefficient (Wildman–Crippen LogP) is 0.848. The molecule has 1 aliphatic rings. The molecule has 80 valence electrons. The van der Waals surface area contributed by atoms with Crippen LogP contribution in [0, 0.1) is 11.1 Å². The fourth-order valence-electron chi connectivity index (χ4n) is 1.60. The van der Waals surface area contributed by atoms with Crippen LogP contribution in [0.1, 0.15) is 30.3 Å². The third kappa shape index (κ3) is 2.26. The van der Waals surface area contributed by atoms with Crippen molar-refractivity contribution in [2.24, 2.45) is 5.92 Å². The average Bonchev–Trinajstić information content (AvgIpc) is 3.01. The molecule has 4 nitrogen and oxygen atoms in total. The molecule has 1 heterocycles. The van der Waals surface area contributed by atoms with Crippen LogP contribution in [0.4, 0.5) is 0 Å². The maximum Gasteiger partial charge on any atom is 0.317 e. The minimum Gasteiger partial charge on any atom is -0.618 e. The van der Waals surface area contributed by atoms with Crippen molar-refractivity contribution in [1.82, 2.24) is 5.32 Å². The van der Waals surface area contributed by atoms with Gasteiger partial charge in [0.2, 0.25) is 0 Å². The van der Waals surface area contributed by atoms with Gasteiger partial charge in [0.1, 0.15) is 0 Å². The summed E-state index contributed by atoms with van der Waals surface area (Å²) in [5, 5.41) is 14.1. The third-order valence-electron chi connectivity index (χ3n) is 2.74. The first kappa shape index (κ1) is 9.96. The van der Waals surface area contributed by atoms with Gasteiger partial charge in [-0.15, -0.1) is 0 Å². The molecule has 1 aliphatic carbocycles. The van der Waals surface area contributed by atoms with Crippen LogP contribution < -0.4 is 10.0 Å². The highest BCUT2D eigenvalue weighted by atomic mass is 16.5. The van der Waals surface area contributed by atoms with Crippen molar-refractivity contribution in [2.45, 2.75) is 25.8 Å². The molecule has 0 bridgehead atoms. The van der Waals surface area contributed by atoms with Gasteiger partial charge in [-0.2, -0.15) is 4.73 Å². The average molecular weight is 206 g/mol. The lowest BCUT2D eigenvalue weighted by atomic mass is 10.2. The van der Waals surface area contributed by atoms with E-state index in [0.29, 0.717) is 10.6 Å². The largest absolute Gasteiger partial charge is 0.618 e. The number of carbonyl (C=O) groups is 1. The zero-order chi connectivity index (χ0) is 10.8. The fourth-order valence-corrected chi connectivity index (χ4v) is 1.60. The summed E-state index contributed by atoms with van der Waals surface area (Å²) in [6, 6.07) is 4.99. The minimum absolute atomic E-state index is 0.157. The van der Waals surface area contributed by atoms with E-state index in [-0.39, 0.29) is 17.6 Å². The molecular weight excluding hydrogens is 192 g/mol. The first-order valence-electron chi connectivity index (χ1n) is 5.17. The molecule has 1 saturated carbocycles. The highest BCUT2D eigenvalue weighted by molar-refractivity contribution is 5.91. The molecule has 0 spiro atoms. The Bertz CT molecular complexity index is 375. The maximum atomic E-state index is 11.7. The van der Waals surface area contributed by atoms with Crippen LogP contribution in [0.25, 0.3) is 0 Å². The number of hydrogen-bond acceptors (Lipinski definition) is 2. The summed E-state index contributed by atoms with van der Waals surface area (Å²) in [7, 11) is 0. The Balaban J connectivity index is 2.04. The standard InChI is InChI=1S/C11H14N2O2/c1-8(9-5-6-9)12-11(14)10-4-2-3-7-13(10)15/h2-4,7-9H,5-6H2,1H3,(H,12,14)/t8-/m0/s1. The lowest BCUT2D eigenvalue weighted by Crippen LogP contribution is -2.42. The summed E-state index contributed by atoms with van der Waals surface area (Å²) < 4.78 is 0.592. The summed E-state index contributed by atoms with van der Waals surface area (Å²) in [4.78, 5) is 11.7. The molecule has 0 saturated heterocycles. The summed E-state index contributed by atoms with van der Waals surface area (Å²) in [5.74, 6) is 0.308. The smallest absolute Gasteiger partial charge is 0.317 e. The maximum absolute atomic E-state index is 11.7. The molecule has 0 aliphatic heterocycles. The van der Waals surface area contributed by atoms with Crippen molar-refractivity contribution in [3.63, 3.8) is 0 Å². The van der Waals surface area contributed by atoms with Gasteiger partial charge in [0, 0.05) is 18.2 Å². The van der Waals surface area contributed by atoms with E-state index in [4.69, 9.17) is 0 Å². The SMILES string of the molecule is C[C@H](NC(=O)c1cccc[n+]1[O-])C1CC1. The summed E-state index contributed by atoms with van der Waals surface area (Å²) in [5.41, 5.74) is 0.157. The van der Waals surface area contributed by atoms with E-state index in [9.17, 15) is 10.0 Å². The van der Waals surface area contributed by atoms with Crippen molar-refractivity contribution in [3.8, 4) is 0 Å². The Labute approximate surface area is 88.5 Å². The molecule has 1 fully saturated rings. The van der Waals surface area contributed by atoms with Crippen LogP contribution in [-0.4, -0.2) is 11.9 Å². The molecule has 15 heavy (non-hydrogen) atoms. The van der Waals surface area contributed by atoms with Gasteiger partial charge in [0.15, 0.2) is 6.20 Å². The molecule has 1 aromatic rings. The molecule has 0 radical (unpaired) electrons. The minimum atomic E-state index is -0.287. The van der Waals surface area contributed by atoms with E-state index < -0.39 is 0 Å². The Kier molecular flexibility index (Phi) is 2.58. The van der Waals surface area contributed by atoms with E-state index in [1.165, 1.54) is 25.1 Å². The molecule has 1 aromatic heterocycles. The monoisotopic (exact) mass is 206 g/mol. The fraction of sp³-hybridized carbons (Fsp3) is 0.455. The second kappa shape index (κ2) is 3.88. The second-order valence-electron chi connectivity index (χ2n) is 4.01. The van der Waals surface area contributed by atoms with Crippen molar-refractivity contribution in [3.05, 3.63) is 35.3 Å². The lowest BCUT2D eigenvalue weighted by molar-refractivity contribution is -0.607. The van der Waals surface area contributed by atoms with Crippen LogP contribution in [0.5, 0.6) is 0 Å². The third-order valence-corrected chi connectivity index (χ3v) is 2.74. The van der Waals surface area contributed by atoms with E-state index in [2.05, 4.69) is 5.32 Å². The van der Waals surface area contributed by atoms with Gasteiger partial charge in [-0.1, -0.05) is 0 Å². The van der Waals surface area contributed by atoms with Gasteiger partial charge in [-0.3, -0.25) is 4.79 Å². The van der Waals surface area contributed by atoms with Crippen molar-refractivity contribution >= 4 is 5.91 Å². The number of amides is 1. The molecule has 2 rings (SSSR count). The normalized spacial score (nSPS) is 17.1. The summed E-state index contributed by atoms with van der Waals surface area (Å²) in [6.07, 6.45) is 3.68. The Morgan fingerprint density at radius 1 is 1.60 bits per heavy atom. The number of nitrogens with one attached hydrogen (secondary N) is 1. The highest BCUT2D eigenvalue weighted by Crippen LogP contribution is 2.32. The Hall–Kier alpha value is -1.58. The van der Waals surface area contributed by atoms with Crippen molar-refractivity contribution in [1.29, 1.82) is 0 Å². The van der Waals surface area contributed by atoms with E-state index in [1.807, 2.05) is 6.92 Å². The van der Waals surface area contributed by atoms with Crippen LogP contribution >= 0.6 is 0 Å². The van der Waals surface area contributed by atoms with Crippen LogP contribution in [0.2, 0.25) is 0 Å². The molecule has 0 unspecified atom stereocenters. The molecular formula is C11H14N2O2. The molecule has 1 N–H and O–H groups in total. The number of nitrogens with zero attached hydrogens (tertiary/aromatic N) is 1. The van der Waals surface area contributed by atoms with E-state index in [1.54, 1.807) is 12.1 Å². The van der Waals surface area contributed by atoms with E-state index in [0.717, 1.165) is 0 Å². The number of carbonyl (C=O) groups excluding carboxylic acids is 1. The number of pyridine rings is 1. The van der Waals surface area contributed by atoms with Gasteiger partial charge < -0.3 is 10.5 Å². The zero-order valence-corrected chi connectivity index (χ0v) is 8.64. The number of rotatable bonds is 3. The lowest BCUT2D eigenvalue weighted by Gasteiger charge is -2.11. The molecule has 1 atom stereocenters. The summed E-state index contributed by atoms with van der Waals surface area (Å²) in [6.45, 7) is 1.98. The van der Waals surface area contributed by atoms with E-state index >= 15 is 0 Å². The summed E-state index contributed by atoms with van der Waals surface area (Å²) >= 11 is 0. The van der Waals surface area contributed by atoms with Gasteiger partial charge in [0.05, 0.1) is 0 Å². The van der Waals surface area contributed by atoms with Gasteiger partial charge >= 0.3 is 5.91 Å². The first-order valence-corrected chi connectivity index (χ1v) is 5.17. The number of hydrogen-bond donors (Lipinski definition) is 1. The zero-order valence-electron chi connectivity index (χ0n) is 8.64. The molecule has 4 heteroatoms. The highest BCUT2D eigenvalue weighted by Gasteiger charge is 2.30. The van der Waals surface area contributed by atoms with Crippen LogP contribution in [-0.2, 0) is 0 Å². The van der Waals surface area contributed by atoms with Gasteiger partial charge in [0.25, 0.3) is 5.69 Å². The van der Waals surface area contributed by atoms with Crippen molar-refractivity contribution < 1.29 is 9.52 Å². The van der Waals surface area contributed by atoms with Crippen molar-refractivity contribution in [2.75, 3.05) is 0 Å². The Morgan fingerprint density at radius 2 is 2.33 bits per heavy atom. The molecule has 0 aromatic carbocycles.